The average molecular weight is 701 g/mol. The van der Waals surface area contributed by atoms with Crippen LogP contribution in [0.25, 0.3) is 34.0 Å². The first-order chi connectivity index (χ1) is 26.0. The van der Waals surface area contributed by atoms with Crippen molar-refractivity contribution in [3.05, 3.63) is 168 Å². The van der Waals surface area contributed by atoms with Crippen molar-refractivity contribution in [2.24, 2.45) is 10.3 Å². The van der Waals surface area contributed by atoms with Crippen molar-refractivity contribution in [1.82, 2.24) is 19.9 Å². The number of para-hydroxylation sites is 2. The number of benzene rings is 3. The number of aryl methyl sites for hydroxylation is 1. The number of H-pyrrole nitrogens is 2. The van der Waals surface area contributed by atoms with E-state index in [1.165, 1.54) is 0 Å². The first kappa shape index (κ1) is 33.9. The van der Waals surface area contributed by atoms with Crippen LogP contribution in [0, 0.1) is 6.92 Å². The number of oxime groups is 2. The van der Waals surface area contributed by atoms with Crippen LogP contribution in [0.5, 0.6) is 0 Å². The first-order valence-corrected chi connectivity index (χ1v) is 16.5. The maximum atomic E-state index is 12.9. The van der Waals surface area contributed by atoms with Crippen molar-refractivity contribution in [2.75, 3.05) is 10.6 Å². The van der Waals surface area contributed by atoms with Gasteiger partial charge in [-0.3, -0.25) is 30.3 Å². The molecule has 0 bridgehead atoms. The van der Waals surface area contributed by atoms with Crippen LogP contribution in [-0.4, -0.2) is 43.5 Å². The Hall–Kier alpha value is -7.60. The fraction of sp³-hybridized carbons (Fsp3) is 0.0244. The summed E-state index contributed by atoms with van der Waals surface area (Å²) < 4.78 is 0. The summed E-state index contributed by atoms with van der Waals surface area (Å²) in [6, 6.07) is 28.0. The third-order valence-corrected chi connectivity index (χ3v) is 8.02. The maximum absolute atomic E-state index is 12.9. The van der Waals surface area contributed by atoms with Gasteiger partial charge in [-0.25, -0.2) is 9.59 Å². The van der Waals surface area contributed by atoms with Gasteiger partial charge in [0.25, 0.3) is 0 Å². The van der Waals surface area contributed by atoms with Crippen LogP contribution in [-0.2, 0) is 9.68 Å². The van der Waals surface area contributed by atoms with Gasteiger partial charge >= 0.3 is 12.2 Å². The molecule has 4 aromatic heterocycles. The van der Waals surface area contributed by atoms with Crippen molar-refractivity contribution in [3.8, 4) is 0 Å². The van der Waals surface area contributed by atoms with Crippen molar-refractivity contribution in [3.63, 3.8) is 0 Å². The molecule has 53 heavy (non-hydrogen) atoms. The van der Waals surface area contributed by atoms with Crippen LogP contribution in [0.4, 0.5) is 21.0 Å². The van der Waals surface area contributed by atoms with Gasteiger partial charge in [0.2, 0.25) is 0 Å². The Morgan fingerprint density at radius 1 is 0.642 bits per heavy atom. The number of nitrogens with zero attached hydrogens (tertiary/aromatic N) is 4. The molecule has 0 saturated heterocycles. The van der Waals surface area contributed by atoms with E-state index < -0.39 is 12.2 Å². The number of aromatic amines is 2. The minimum atomic E-state index is -0.835. The number of carbonyl (C=O) groups is 2. The molecule has 0 radical (unpaired) electrons. The van der Waals surface area contributed by atoms with E-state index in [1.54, 1.807) is 67.3 Å². The predicted molar refractivity (Wildman–Crippen MR) is 208 cm³/mol. The molecular weight excluding hydrogens is 669 g/mol. The zero-order valence-corrected chi connectivity index (χ0v) is 28.4. The quantitative estimate of drug-likeness (QED) is 0.0633. The van der Waals surface area contributed by atoms with Crippen LogP contribution in [0.2, 0.25) is 0 Å². The zero-order chi connectivity index (χ0) is 36.4. The number of hydrogen-bond donors (Lipinski definition) is 4. The predicted octanol–water partition coefficient (Wildman–Crippen LogP) is 9.08. The molecule has 7 rings (SSSR count). The highest BCUT2D eigenvalue weighted by atomic mass is 16.7. The Kier molecular flexibility index (Phi) is 10.2. The Balaban J connectivity index is 1.03. The summed E-state index contributed by atoms with van der Waals surface area (Å²) in [5.74, 6) is 0. The molecular formula is C41H32N8O4. The van der Waals surface area contributed by atoms with E-state index in [4.69, 9.17) is 9.68 Å². The third-order valence-electron chi connectivity index (χ3n) is 8.02. The van der Waals surface area contributed by atoms with Gasteiger partial charge in [-0.05, 0) is 90.4 Å². The molecule has 0 unspecified atom stereocenters. The molecule has 4 N–H and O–H groups in total. The fourth-order valence-electron chi connectivity index (χ4n) is 5.58. The molecule has 7 aromatic rings. The molecule has 0 aliphatic carbocycles. The van der Waals surface area contributed by atoms with E-state index in [0.29, 0.717) is 33.9 Å². The fourth-order valence-corrected chi connectivity index (χ4v) is 5.58. The summed E-state index contributed by atoms with van der Waals surface area (Å²) in [4.78, 5) is 51.2. The van der Waals surface area contributed by atoms with Gasteiger partial charge in [-0.15, -0.1) is 0 Å². The van der Waals surface area contributed by atoms with Crippen molar-refractivity contribution in [2.45, 2.75) is 6.92 Å². The molecule has 12 heteroatoms. The monoisotopic (exact) mass is 700 g/mol. The lowest BCUT2D eigenvalue weighted by Gasteiger charge is -2.09. The molecule has 4 heterocycles. The molecule has 2 amide bonds. The Bertz CT molecular complexity index is 2350. The summed E-state index contributed by atoms with van der Waals surface area (Å²) in [6.45, 7) is 1.81. The number of nitrogens with one attached hydrogen (secondary N) is 4. The van der Waals surface area contributed by atoms with E-state index >= 15 is 0 Å². The topological polar surface area (TPSA) is 159 Å². The van der Waals surface area contributed by atoms with E-state index in [0.717, 1.165) is 38.5 Å². The lowest BCUT2D eigenvalue weighted by molar-refractivity contribution is 0.166. The van der Waals surface area contributed by atoms with Gasteiger partial charge < -0.3 is 9.97 Å². The molecule has 0 aliphatic heterocycles. The number of allylic oxidation sites excluding steroid dienone is 2. The van der Waals surface area contributed by atoms with Crippen LogP contribution in [0.3, 0.4) is 0 Å². The van der Waals surface area contributed by atoms with Gasteiger partial charge in [0.15, 0.2) is 0 Å². The SMILES string of the molecule is Cc1cc(NC(=O)O/N=C(\C=C\c2c[nH]c3ccccc23)c2cccnc2)cc(NC(=O)O/N=C(\C=C\c2c[nH]c3ccccc23)c2cccnc2)c1. The summed E-state index contributed by atoms with van der Waals surface area (Å²) in [7, 11) is 0. The van der Waals surface area contributed by atoms with Gasteiger partial charge in [-0.1, -0.05) is 58.9 Å². The number of anilines is 2. The van der Waals surface area contributed by atoms with Gasteiger partial charge in [0.05, 0.1) is 0 Å². The van der Waals surface area contributed by atoms with Gasteiger partial charge in [-0.2, -0.15) is 0 Å². The molecule has 0 atom stereocenters. The number of fused-ring (bicyclic) bond motifs is 2. The molecule has 0 spiro atoms. The number of pyridine rings is 2. The van der Waals surface area contributed by atoms with E-state index in [-0.39, 0.29) is 0 Å². The molecule has 3 aromatic carbocycles. The standard InChI is InChI=1S/C41H32N8O4/c1-27-20-32(46-40(50)52-48-36(30-8-6-18-42-23-30)16-14-28-25-44-38-12-4-2-10-34(28)38)22-33(21-27)47-41(51)53-49-37(31-9-7-19-43-24-31)17-15-29-26-45-39-13-5-3-11-35(29)39/h2-26,44-45H,1H3,(H,46,50)(H,47,51)/b16-14+,17-15+,48-36+,49-37+. The van der Waals surface area contributed by atoms with E-state index in [2.05, 4.69) is 40.9 Å². The molecule has 12 nitrogen and oxygen atoms in total. The van der Waals surface area contributed by atoms with Gasteiger partial charge in [0, 0.05) is 81.5 Å². The van der Waals surface area contributed by atoms with E-state index in [9.17, 15) is 9.59 Å². The molecule has 0 aliphatic rings. The Morgan fingerprint density at radius 2 is 1.11 bits per heavy atom. The second-order valence-electron chi connectivity index (χ2n) is 11.8. The van der Waals surface area contributed by atoms with Crippen LogP contribution in [0.15, 0.2) is 151 Å². The number of rotatable bonds is 10. The Morgan fingerprint density at radius 3 is 1.57 bits per heavy atom. The molecule has 0 saturated carbocycles. The molecule has 0 fully saturated rings. The average Bonchev–Trinajstić information content (AvgIpc) is 3.79. The lowest BCUT2D eigenvalue weighted by Crippen LogP contribution is -2.14. The smallest absolute Gasteiger partial charge is 0.361 e. The number of amides is 2. The number of carbonyl (C=O) groups excluding carboxylic acids is 2. The van der Waals surface area contributed by atoms with Gasteiger partial charge in [0.1, 0.15) is 11.4 Å². The van der Waals surface area contributed by atoms with Crippen LogP contribution < -0.4 is 10.6 Å². The molecule has 260 valence electrons. The largest absolute Gasteiger partial charge is 0.437 e. The Labute approximate surface area is 303 Å². The van der Waals surface area contributed by atoms with Crippen molar-refractivity contribution in [1.29, 1.82) is 0 Å². The van der Waals surface area contributed by atoms with Crippen molar-refractivity contribution < 1.29 is 19.3 Å². The first-order valence-electron chi connectivity index (χ1n) is 16.5. The second-order valence-corrected chi connectivity index (χ2v) is 11.8. The minimum Gasteiger partial charge on any atom is -0.361 e. The summed E-state index contributed by atoms with van der Waals surface area (Å²) in [6.07, 6.45) is 15.9. The summed E-state index contributed by atoms with van der Waals surface area (Å²) >= 11 is 0. The third kappa shape index (κ3) is 8.59. The second kappa shape index (κ2) is 16.0. The maximum Gasteiger partial charge on any atom is 0.437 e. The van der Waals surface area contributed by atoms with Crippen molar-refractivity contribution >= 4 is 68.9 Å². The van der Waals surface area contributed by atoms with E-state index in [1.807, 2.05) is 92.1 Å². The highest BCUT2D eigenvalue weighted by molar-refractivity contribution is 6.12. The summed E-state index contributed by atoms with van der Waals surface area (Å²) in [5.41, 5.74) is 7.43. The van der Waals surface area contributed by atoms with Crippen LogP contribution in [0.1, 0.15) is 27.8 Å². The minimum absolute atomic E-state index is 0.360. The highest BCUT2D eigenvalue weighted by Gasteiger charge is 2.11. The number of hydrogen-bond acceptors (Lipinski definition) is 8. The highest BCUT2D eigenvalue weighted by Crippen LogP contribution is 2.22. The zero-order valence-electron chi connectivity index (χ0n) is 28.4. The lowest BCUT2D eigenvalue weighted by atomic mass is 10.1. The summed E-state index contributed by atoms with van der Waals surface area (Å²) in [5, 5.41) is 15.7. The normalized spacial score (nSPS) is 12.1. The number of aromatic nitrogens is 4. The van der Waals surface area contributed by atoms with Crippen LogP contribution >= 0.6 is 0 Å².